The van der Waals surface area contributed by atoms with E-state index in [1.54, 1.807) is 18.2 Å². The minimum absolute atomic E-state index is 0.0614. The lowest BCUT2D eigenvalue weighted by Gasteiger charge is -2.38. The van der Waals surface area contributed by atoms with E-state index in [0.717, 1.165) is 24.2 Å². The van der Waals surface area contributed by atoms with Gasteiger partial charge in [0.25, 0.3) is 11.8 Å². The van der Waals surface area contributed by atoms with Gasteiger partial charge in [-0.1, -0.05) is 12.5 Å². The van der Waals surface area contributed by atoms with Gasteiger partial charge in [-0.05, 0) is 50.8 Å². The Bertz CT molecular complexity index is 1270. The SMILES string of the molecule is NCCCCCC(=O)N1CCC(C(=O)N2CCN(CNc3cccc4c3C(=O)N(C3CCC(=O)NC3=O)C4=O)CC2)CC1. The molecule has 1 atom stereocenters. The number of nitrogens with one attached hydrogen (secondary N) is 2. The first-order valence-electron chi connectivity index (χ1n) is 15.4. The standard InChI is InChI=1S/C30H41N7O6/c31-12-3-1-2-7-25(39)35-13-10-20(11-14-35)28(41)36-17-15-34(16-18-36)19-32-22-6-4-5-21-26(22)30(43)37(29(21)42)23-8-9-24(38)33-27(23)40/h4-6,20,23,32H,1-3,7-19,31H2,(H,33,38,40). The number of carbonyl (C=O) groups excluding carboxylic acids is 6. The summed E-state index contributed by atoms with van der Waals surface area (Å²) >= 11 is 0. The number of amides is 6. The van der Waals surface area contributed by atoms with Crippen molar-refractivity contribution < 1.29 is 28.8 Å². The number of piperazine rings is 1. The van der Waals surface area contributed by atoms with Crippen LogP contribution in [0.1, 0.15) is 72.1 Å². The van der Waals surface area contributed by atoms with Gasteiger partial charge >= 0.3 is 0 Å². The van der Waals surface area contributed by atoms with E-state index in [1.807, 2.05) is 9.80 Å². The average Bonchev–Trinajstić information content (AvgIpc) is 3.27. The molecule has 232 valence electrons. The summed E-state index contributed by atoms with van der Waals surface area (Å²) in [7, 11) is 0. The summed E-state index contributed by atoms with van der Waals surface area (Å²) in [6, 6.07) is 3.98. The van der Waals surface area contributed by atoms with Gasteiger partial charge in [0.2, 0.25) is 23.6 Å². The number of fused-ring (bicyclic) bond motifs is 1. The van der Waals surface area contributed by atoms with Crippen molar-refractivity contribution in [1.29, 1.82) is 0 Å². The van der Waals surface area contributed by atoms with Crippen molar-refractivity contribution >= 4 is 41.1 Å². The fourth-order valence-electron chi connectivity index (χ4n) is 6.38. The smallest absolute Gasteiger partial charge is 0.264 e. The summed E-state index contributed by atoms with van der Waals surface area (Å²) in [6.45, 7) is 4.82. The van der Waals surface area contributed by atoms with E-state index in [0.29, 0.717) is 77.4 Å². The highest BCUT2D eigenvalue weighted by Gasteiger charge is 2.45. The molecule has 43 heavy (non-hydrogen) atoms. The molecule has 13 heteroatoms. The second kappa shape index (κ2) is 13.6. The predicted octanol–water partition coefficient (Wildman–Crippen LogP) is 0.359. The lowest BCUT2D eigenvalue weighted by molar-refractivity contribution is -0.142. The van der Waals surface area contributed by atoms with Crippen LogP contribution >= 0.6 is 0 Å². The number of imide groups is 2. The van der Waals surface area contributed by atoms with E-state index >= 15 is 0 Å². The Morgan fingerprint density at radius 1 is 0.884 bits per heavy atom. The van der Waals surface area contributed by atoms with E-state index < -0.39 is 29.7 Å². The second-order valence-electron chi connectivity index (χ2n) is 11.7. The molecule has 6 amide bonds. The number of likely N-dealkylation sites (tertiary alicyclic amines) is 1. The first-order valence-corrected chi connectivity index (χ1v) is 15.4. The van der Waals surface area contributed by atoms with Crippen LogP contribution in [0.15, 0.2) is 18.2 Å². The molecule has 4 heterocycles. The summed E-state index contributed by atoms with van der Waals surface area (Å²) in [5.74, 6) is -1.88. The van der Waals surface area contributed by atoms with Crippen LogP contribution in [0.3, 0.4) is 0 Å². The maximum atomic E-state index is 13.3. The van der Waals surface area contributed by atoms with Crippen molar-refractivity contribution in [2.45, 2.75) is 57.4 Å². The Balaban J connectivity index is 1.08. The molecule has 3 fully saturated rings. The number of piperidine rings is 2. The van der Waals surface area contributed by atoms with Crippen LogP contribution in [0.2, 0.25) is 0 Å². The average molecular weight is 596 g/mol. The maximum Gasteiger partial charge on any atom is 0.264 e. The molecule has 1 unspecified atom stereocenters. The van der Waals surface area contributed by atoms with Gasteiger partial charge in [-0.3, -0.25) is 43.9 Å². The predicted molar refractivity (Wildman–Crippen MR) is 157 cm³/mol. The molecule has 0 saturated carbocycles. The fraction of sp³-hybridized carbons (Fsp3) is 0.600. The summed E-state index contributed by atoms with van der Waals surface area (Å²) in [5.41, 5.74) is 6.48. The third-order valence-electron chi connectivity index (χ3n) is 8.94. The number of nitrogens with two attached hydrogens (primary N) is 1. The Hall–Kier alpha value is -3.84. The van der Waals surface area contributed by atoms with Gasteiger partial charge in [0, 0.05) is 63.7 Å². The highest BCUT2D eigenvalue weighted by molar-refractivity contribution is 6.25. The number of rotatable bonds is 10. The summed E-state index contributed by atoms with van der Waals surface area (Å²) in [6.07, 6.45) is 4.86. The fourth-order valence-corrected chi connectivity index (χ4v) is 6.38. The van der Waals surface area contributed by atoms with Gasteiger partial charge in [-0.15, -0.1) is 0 Å². The summed E-state index contributed by atoms with van der Waals surface area (Å²) in [4.78, 5) is 82.9. The Labute approximate surface area is 251 Å². The van der Waals surface area contributed by atoms with Crippen LogP contribution in [0.25, 0.3) is 0 Å². The monoisotopic (exact) mass is 595 g/mol. The molecule has 0 radical (unpaired) electrons. The molecule has 4 aliphatic rings. The van der Waals surface area contributed by atoms with Gasteiger partial charge in [-0.2, -0.15) is 0 Å². The van der Waals surface area contributed by atoms with Crippen LogP contribution in [-0.4, -0.2) is 114 Å². The molecule has 0 spiro atoms. The summed E-state index contributed by atoms with van der Waals surface area (Å²) in [5, 5.41) is 5.49. The number of nitrogens with zero attached hydrogens (tertiary/aromatic N) is 4. The van der Waals surface area contributed by atoms with Crippen molar-refractivity contribution in [2.24, 2.45) is 11.7 Å². The number of unbranched alkanes of at least 4 members (excludes halogenated alkanes) is 2. The minimum Gasteiger partial charge on any atom is -0.372 e. The van der Waals surface area contributed by atoms with E-state index in [4.69, 9.17) is 5.73 Å². The zero-order valence-corrected chi connectivity index (χ0v) is 24.5. The highest BCUT2D eigenvalue weighted by Crippen LogP contribution is 2.32. The topological polar surface area (TPSA) is 165 Å². The highest BCUT2D eigenvalue weighted by atomic mass is 16.2. The third kappa shape index (κ3) is 6.72. The van der Waals surface area contributed by atoms with E-state index in [9.17, 15) is 28.8 Å². The Morgan fingerprint density at radius 2 is 1.63 bits per heavy atom. The van der Waals surface area contributed by atoms with Gasteiger partial charge in [-0.25, -0.2) is 0 Å². The van der Waals surface area contributed by atoms with Gasteiger partial charge in [0.05, 0.1) is 17.8 Å². The lowest BCUT2D eigenvalue weighted by atomic mass is 9.94. The molecule has 13 nitrogen and oxygen atoms in total. The van der Waals surface area contributed by atoms with Crippen LogP contribution in [0, 0.1) is 5.92 Å². The van der Waals surface area contributed by atoms with Gasteiger partial charge in [0.1, 0.15) is 6.04 Å². The summed E-state index contributed by atoms with van der Waals surface area (Å²) < 4.78 is 0. The van der Waals surface area contributed by atoms with Gasteiger partial charge in [0.15, 0.2) is 0 Å². The first kappa shape index (κ1) is 30.6. The Kier molecular flexibility index (Phi) is 9.71. The molecule has 0 bridgehead atoms. The van der Waals surface area contributed by atoms with Gasteiger partial charge < -0.3 is 20.9 Å². The minimum atomic E-state index is -1.01. The number of benzene rings is 1. The molecule has 5 rings (SSSR count). The molecular weight excluding hydrogens is 554 g/mol. The van der Waals surface area contributed by atoms with Crippen LogP contribution in [0.4, 0.5) is 5.69 Å². The van der Waals surface area contributed by atoms with Crippen molar-refractivity contribution in [3.05, 3.63) is 29.3 Å². The number of anilines is 1. The van der Waals surface area contributed by atoms with Crippen LogP contribution < -0.4 is 16.4 Å². The van der Waals surface area contributed by atoms with Crippen LogP contribution in [-0.2, 0) is 19.2 Å². The maximum absolute atomic E-state index is 13.3. The quantitative estimate of drug-likeness (QED) is 0.256. The van der Waals surface area contributed by atoms with Crippen LogP contribution in [0.5, 0.6) is 0 Å². The first-order chi connectivity index (χ1) is 20.8. The molecule has 3 saturated heterocycles. The molecule has 0 aromatic heterocycles. The normalized spacial score (nSPS) is 21.7. The van der Waals surface area contributed by atoms with Crippen molar-refractivity contribution in [1.82, 2.24) is 24.9 Å². The number of hydrogen-bond acceptors (Lipinski definition) is 9. The van der Waals surface area contributed by atoms with E-state index in [-0.39, 0.29) is 41.7 Å². The van der Waals surface area contributed by atoms with Crippen molar-refractivity contribution in [3.8, 4) is 0 Å². The largest absolute Gasteiger partial charge is 0.372 e. The van der Waals surface area contributed by atoms with Crippen molar-refractivity contribution in [3.63, 3.8) is 0 Å². The molecule has 1 aromatic rings. The van der Waals surface area contributed by atoms with E-state index in [2.05, 4.69) is 15.5 Å². The molecule has 4 N–H and O–H groups in total. The molecular formula is C30H41N7O6. The molecule has 1 aromatic carbocycles. The van der Waals surface area contributed by atoms with Crippen molar-refractivity contribution in [2.75, 3.05) is 57.8 Å². The molecule has 0 aliphatic carbocycles. The Morgan fingerprint density at radius 3 is 2.33 bits per heavy atom. The lowest BCUT2D eigenvalue weighted by Crippen LogP contribution is -2.54. The van der Waals surface area contributed by atoms with E-state index in [1.165, 1.54) is 0 Å². The zero-order chi connectivity index (χ0) is 30.5. The molecule has 4 aliphatic heterocycles. The zero-order valence-electron chi connectivity index (χ0n) is 24.5. The second-order valence-corrected chi connectivity index (χ2v) is 11.7. The third-order valence-corrected chi connectivity index (χ3v) is 8.94. The number of hydrogen-bond donors (Lipinski definition) is 3. The number of carbonyl (C=O) groups is 6.